The van der Waals surface area contributed by atoms with Crippen molar-refractivity contribution in [2.45, 2.75) is 11.8 Å². The predicted molar refractivity (Wildman–Crippen MR) is 111 cm³/mol. The number of anilines is 1. The summed E-state index contributed by atoms with van der Waals surface area (Å²) in [6.45, 7) is 1.86. The minimum Gasteiger partial charge on any atom is -0.252 e. The molecule has 0 unspecified atom stereocenters. The summed E-state index contributed by atoms with van der Waals surface area (Å²) in [5.41, 5.74) is 6.49. The highest BCUT2D eigenvalue weighted by Crippen LogP contribution is 2.24. The smallest absolute Gasteiger partial charge is 0.242 e. The summed E-state index contributed by atoms with van der Waals surface area (Å²) in [6.07, 6.45) is 0. The summed E-state index contributed by atoms with van der Waals surface area (Å²) in [5.74, 6) is 0. The third kappa shape index (κ3) is 4.41. The summed E-state index contributed by atoms with van der Waals surface area (Å²) < 4.78 is 25.4. The largest absolute Gasteiger partial charge is 0.252 e. The zero-order valence-corrected chi connectivity index (χ0v) is 16.9. The van der Waals surface area contributed by atoms with Crippen LogP contribution in [-0.2, 0) is 10.0 Å². The van der Waals surface area contributed by atoms with Gasteiger partial charge in [0.1, 0.15) is 0 Å². The van der Waals surface area contributed by atoms with Gasteiger partial charge in [0, 0.05) is 25.0 Å². The van der Waals surface area contributed by atoms with Gasteiger partial charge in [-0.3, -0.25) is 5.43 Å². The summed E-state index contributed by atoms with van der Waals surface area (Å²) in [5, 5.41) is 7.02. The fourth-order valence-electron chi connectivity index (χ4n) is 2.34. The molecule has 0 saturated heterocycles. The molecule has 0 radical (unpaired) electrons. The van der Waals surface area contributed by atoms with Crippen LogP contribution in [0.15, 0.2) is 70.0 Å². The third-order valence-corrected chi connectivity index (χ3v) is 6.52. The van der Waals surface area contributed by atoms with E-state index in [0.717, 1.165) is 22.5 Å². The summed E-state index contributed by atoms with van der Waals surface area (Å²) in [4.78, 5) is 4.78. The Morgan fingerprint density at radius 1 is 1.07 bits per heavy atom. The Balaban J connectivity index is 1.72. The number of aromatic nitrogens is 1. The molecule has 8 heteroatoms. The predicted octanol–water partition coefficient (Wildman–Crippen LogP) is 3.90. The fraction of sp³-hybridized carbons (Fsp3) is 0.158. The summed E-state index contributed by atoms with van der Waals surface area (Å²) in [6, 6.07) is 16.6. The van der Waals surface area contributed by atoms with Gasteiger partial charge in [-0.15, -0.1) is 11.3 Å². The molecule has 0 aliphatic heterocycles. The van der Waals surface area contributed by atoms with Crippen LogP contribution in [0.25, 0.3) is 11.3 Å². The lowest BCUT2D eigenvalue weighted by Crippen LogP contribution is -2.22. The molecule has 0 saturated carbocycles. The van der Waals surface area contributed by atoms with Gasteiger partial charge in [0.25, 0.3) is 0 Å². The van der Waals surface area contributed by atoms with Crippen LogP contribution in [0.3, 0.4) is 0 Å². The number of sulfonamides is 1. The Morgan fingerprint density at radius 3 is 2.37 bits per heavy atom. The molecule has 0 fully saturated rings. The second-order valence-corrected chi connectivity index (χ2v) is 9.03. The van der Waals surface area contributed by atoms with Crippen molar-refractivity contribution in [3.05, 3.63) is 65.5 Å². The lowest BCUT2D eigenvalue weighted by Gasteiger charge is -2.11. The van der Waals surface area contributed by atoms with Crippen LogP contribution in [0.1, 0.15) is 12.5 Å². The van der Waals surface area contributed by atoms with Gasteiger partial charge in [-0.25, -0.2) is 17.7 Å². The van der Waals surface area contributed by atoms with E-state index in [2.05, 4.69) is 15.5 Å². The molecule has 1 N–H and O–H groups in total. The van der Waals surface area contributed by atoms with Crippen molar-refractivity contribution < 1.29 is 8.42 Å². The number of hydrogen-bond acceptors (Lipinski definition) is 6. The zero-order chi connectivity index (χ0) is 19.4. The molecule has 0 aliphatic rings. The topological polar surface area (TPSA) is 74.7 Å². The van der Waals surface area contributed by atoms with Gasteiger partial charge in [-0.1, -0.05) is 42.5 Å². The second kappa shape index (κ2) is 7.99. The zero-order valence-electron chi connectivity index (χ0n) is 15.2. The number of thiazole rings is 1. The molecule has 1 aromatic heterocycles. The first-order chi connectivity index (χ1) is 12.9. The molecular weight excluding hydrogens is 380 g/mol. The van der Waals surface area contributed by atoms with E-state index in [1.54, 1.807) is 24.3 Å². The number of benzene rings is 2. The van der Waals surface area contributed by atoms with Crippen molar-refractivity contribution in [3.8, 4) is 11.3 Å². The van der Waals surface area contributed by atoms with Crippen LogP contribution in [0.5, 0.6) is 0 Å². The molecule has 3 aromatic rings. The Labute approximate surface area is 163 Å². The molecule has 3 rings (SSSR count). The highest BCUT2D eigenvalue weighted by atomic mass is 32.2. The third-order valence-electron chi connectivity index (χ3n) is 3.94. The maximum atomic E-state index is 12.1. The maximum absolute atomic E-state index is 12.1. The summed E-state index contributed by atoms with van der Waals surface area (Å²) >= 11 is 1.48. The normalized spacial score (nSPS) is 12.4. The van der Waals surface area contributed by atoms with Crippen LogP contribution in [-0.4, -0.2) is 37.5 Å². The Kier molecular flexibility index (Phi) is 5.69. The first-order valence-electron chi connectivity index (χ1n) is 8.22. The van der Waals surface area contributed by atoms with Gasteiger partial charge < -0.3 is 0 Å². The molecule has 1 heterocycles. The molecule has 0 bridgehead atoms. The number of hydrogen-bond donors (Lipinski definition) is 1. The van der Waals surface area contributed by atoms with Crippen molar-refractivity contribution in [1.29, 1.82) is 0 Å². The highest BCUT2D eigenvalue weighted by Gasteiger charge is 2.16. The minimum absolute atomic E-state index is 0.254. The van der Waals surface area contributed by atoms with Crippen molar-refractivity contribution in [2.24, 2.45) is 5.10 Å². The van der Waals surface area contributed by atoms with E-state index < -0.39 is 10.0 Å². The lowest BCUT2D eigenvalue weighted by atomic mass is 10.1. The monoisotopic (exact) mass is 400 g/mol. The minimum atomic E-state index is -3.43. The fourth-order valence-corrected chi connectivity index (χ4v) is 3.90. The van der Waals surface area contributed by atoms with E-state index in [4.69, 9.17) is 0 Å². The molecule has 27 heavy (non-hydrogen) atoms. The molecule has 2 aromatic carbocycles. The van der Waals surface area contributed by atoms with Crippen LogP contribution < -0.4 is 5.43 Å². The van der Waals surface area contributed by atoms with Gasteiger partial charge in [0.2, 0.25) is 15.2 Å². The molecule has 0 aliphatic carbocycles. The number of nitrogens with one attached hydrogen (secondary N) is 1. The van der Waals surface area contributed by atoms with Gasteiger partial charge in [-0.05, 0) is 24.6 Å². The average Bonchev–Trinajstić information content (AvgIpc) is 3.16. The number of hydrazone groups is 1. The van der Waals surface area contributed by atoms with Gasteiger partial charge >= 0.3 is 0 Å². The first kappa shape index (κ1) is 19.2. The lowest BCUT2D eigenvalue weighted by molar-refractivity contribution is 0.521. The Bertz CT molecular complexity index is 1040. The van der Waals surface area contributed by atoms with E-state index >= 15 is 0 Å². The number of nitrogens with zero attached hydrogens (tertiary/aromatic N) is 3. The van der Waals surface area contributed by atoms with E-state index in [1.807, 2.05) is 42.6 Å². The standard InChI is InChI=1S/C19H20N4O2S2/c1-14(15-9-11-17(12-10-15)27(24,25)23(2)3)21-22-19-20-18(13-26-19)16-7-5-4-6-8-16/h4-13H,1-3H3,(H,20,22)/b21-14-. The van der Waals surface area contributed by atoms with E-state index in [9.17, 15) is 8.42 Å². The van der Waals surface area contributed by atoms with Crippen molar-refractivity contribution >= 4 is 32.2 Å². The highest BCUT2D eigenvalue weighted by molar-refractivity contribution is 7.89. The number of rotatable bonds is 6. The SMILES string of the molecule is C/C(=N/Nc1nc(-c2ccccc2)cs1)c1ccc(S(=O)(=O)N(C)C)cc1. The quantitative estimate of drug-likeness (QED) is 0.503. The van der Waals surface area contributed by atoms with Crippen LogP contribution >= 0.6 is 11.3 Å². The van der Waals surface area contributed by atoms with Crippen LogP contribution in [0.2, 0.25) is 0 Å². The molecular formula is C19H20N4O2S2. The van der Waals surface area contributed by atoms with Gasteiger partial charge in [-0.2, -0.15) is 5.10 Å². The van der Waals surface area contributed by atoms with E-state index in [-0.39, 0.29) is 4.90 Å². The van der Waals surface area contributed by atoms with Crippen LogP contribution in [0, 0.1) is 0 Å². The Hall–Kier alpha value is -2.55. The molecule has 140 valence electrons. The maximum Gasteiger partial charge on any atom is 0.242 e. The second-order valence-electron chi connectivity index (χ2n) is 6.02. The first-order valence-corrected chi connectivity index (χ1v) is 10.5. The molecule has 0 spiro atoms. The molecule has 6 nitrogen and oxygen atoms in total. The Morgan fingerprint density at radius 2 is 1.74 bits per heavy atom. The van der Waals surface area contributed by atoms with Crippen molar-refractivity contribution in [1.82, 2.24) is 9.29 Å². The van der Waals surface area contributed by atoms with E-state index in [1.165, 1.54) is 29.7 Å². The molecule has 0 amide bonds. The van der Waals surface area contributed by atoms with Crippen LogP contribution in [0.4, 0.5) is 5.13 Å². The van der Waals surface area contributed by atoms with Crippen molar-refractivity contribution in [3.63, 3.8) is 0 Å². The summed E-state index contributed by atoms with van der Waals surface area (Å²) in [7, 11) is -0.406. The molecule has 0 atom stereocenters. The van der Waals surface area contributed by atoms with Gasteiger partial charge in [0.05, 0.1) is 16.3 Å². The average molecular weight is 401 g/mol. The van der Waals surface area contributed by atoms with E-state index in [0.29, 0.717) is 5.13 Å². The van der Waals surface area contributed by atoms with Gasteiger partial charge in [0.15, 0.2) is 0 Å². The van der Waals surface area contributed by atoms with Crippen molar-refractivity contribution in [2.75, 3.05) is 19.5 Å².